The van der Waals surface area contributed by atoms with Gasteiger partial charge >= 0.3 is 0 Å². The van der Waals surface area contributed by atoms with E-state index in [-0.39, 0.29) is 5.95 Å². The maximum Gasteiger partial charge on any atom is 0.249 e. The van der Waals surface area contributed by atoms with Crippen LogP contribution in [0.2, 0.25) is 0 Å². The molecule has 0 aliphatic heterocycles. The van der Waals surface area contributed by atoms with Crippen LogP contribution in [0, 0.1) is 6.92 Å². The van der Waals surface area contributed by atoms with Crippen molar-refractivity contribution in [3.63, 3.8) is 0 Å². The van der Waals surface area contributed by atoms with Crippen molar-refractivity contribution in [2.75, 3.05) is 23.5 Å². The smallest absolute Gasteiger partial charge is 0.249 e. The Morgan fingerprint density at radius 3 is 2.48 bits per heavy atom. The van der Waals surface area contributed by atoms with Crippen LogP contribution in [0.1, 0.15) is 5.82 Å². The fraction of sp³-hybridized carbons (Fsp3) is 0.100. The minimum absolute atomic E-state index is 0.200. The van der Waals surface area contributed by atoms with Crippen molar-refractivity contribution in [2.24, 2.45) is 0 Å². The Hall–Kier alpha value is -4.14. The number of nitrogens with one attached hydrogen (secondary N) is 2. The molecule has 0 aliphatic rings. The van der Waals surface area contributed by atoms with Crippen LogP contribution in [-0.2, 0) is 0 Å². The lowest BCUT2D eigenvalue weighted by atomic mass is 10.3. The number of nitrogens with two attached hydrogens (primary N) is 1. The van der Waals surface area contributed by atoms with E-state index in [9.17, 15) is 0 Å². The zero-order chi connectivity index (χ0) is 20.2. The van der Waals surface area contributed by atoms with Crippen LogP contribution in [0.25, 0.3) is 5.82 Å². The summed E-state index contributed by atoms with van der Waals surface area (Å²) in [5.74, 6) is 2.93. The van der Waals surface area contributed by atoms with Crippen LogP contribution in [0.5, 0.6) is 5.75 Å². The maximum atomic E-state index is 6.09. The molecule has 2 aromatic carbocycles. The summed E-state index contributed by atoms with van der Waals surface area (Å²) < 4.78 is 6.80. The van der Waals surface area contributed by atoms with E-state index in [0.717, 1.165) is 11.4 Å². The monoisotopic (exact) mass is 388 g/mol. The Balaban J connectivity index is 1.63. The summed E-state index contributed by atoms with van der Waals surface area (Å²) in [6, 6.07) is 19.0. The van der Waals surface area contributed by atoms with E-state index < -0.39 is 0 Å². The van der Waals surface area contributed by atoms with Crippen LogP contribution in [-0.4, -0.2) is 31.8 Å². The fourth-order valence-corrected chi connectivity index (χ4v) is 2.81. The summed E-state index contributed by atoms with van der Waals surface area (Å²) in [5, 5.41) is 10.8. The Kier molecular flexibility index (Phi) is 4.93. The lowest BCUT2D eigenvalue weighted by molar-refractivity contribution is 0.417. The minimum Gasteiger partial charge on any atom is -0.495 e. The van der Waals surface area contributed by atoms with Crippen LogP contribution in [0.4, 0.5) is 29.1 Å². The van der Waals surface area contributed by atoms with Crippen molar-refractivity contribution < 1.29 is 4.74 Å². The molecule has 0 fully saturated rings. The molecular weight excluding hydrogens is 368 g/mol. The van der Waals surface area contributed by atoms with Gasteiger partial charge in [0.2, 0.25) is 11.9 Å². The average molecular weight is 388 g/mol. The van der Waals surface area contributed by atoms with E-state index in [1.165, 1.54) is 4.68 Å². The number of methoxy groups -OCH3 is 1. The SMILES string of the molecule is COc1ccccc1Nc1nc(N)n(-c2cc(Nc3ccccc3)nc(C)n2)n1. The minimum atomic E-state index is 0.200. The summed E-state index contributed by atoms with van der Waals surface area (Å²) >= 11 is 0. The molecule has 9 nitrogen and oxygen atoms in total. The molecule has 0 unspecified atom stereocenters. The number of benzene rings is 2. The molecule has 0 aliphatic carbocycles. The third kappa shape index (κ3) is 4.08. The van der Waals surface area contributed by atoms with Crippen LogP contribution < -0.4 is 21.1 Å². The van der Waals surface area contributed by atoms with E-state index in [4.69, 9.17) is 10.5 Å². The summed E-state index contributed by atoms with van der Waals surface area (Å²) in [4.78, 5) is 13.1. The zero-order valence-corrected chi connectivity index (χ0v) is 16.0. The molecule has 0 bridgehead atoms. The lowest BCUT2D eigenvalue weighted by Gasteiger charge is -2.09. The molecule has 0 saturated heterocycles. The number of hydrogen-bond donors (Lipinski definition) is 3. The molecule has 0 atom stereocenters. The highest BCUT2D eigenvalue weighted by atomic mass is 16.5. The number of aromatic nitrogens is 5. The second-order valence-electron chi connectivity index (χ2n) is 6.18. The second kappa shape index (κ2) is 7.85. The molecule has 2 heterocycles. The van der Waals surface area contributed by atoms with Crippen molar-refractivity contribution in [3.05, 3.63) is 66.5 Å². The summed E-state index contributed by atoms with van der Waals surface area (Å²) in [5.41, 5.74) is 7.74. The average Bonchev–Trinajstić information content (AvgIpc) is 3.09. The van der Waals surface area contributed by atoms with Gasteiger partial charge in [-0.3, -0.25) is 0 Å². The Morgan fingerprint density at radius 2 is 1.69 bits per heavy atom. The molecule has 0 spiro atoms. The zero-order valence-electron chi connectivity index (χ0n) is 16.0. The summed E-state index contributed by atoms with van der Waals surface area (Å²) in [7, 11) is 1.60. The van der Waals surface area contributed by atoms with Crippen LogP contribution in [0.15, 0.2) is 60.7 Å². The molecular formula is C20H20N8O. The van der Waals surface area contributed by atoms with Gasteiger partial charge in [-0.1, -0.05) is 30.3 Å². The van der Waals surface area contributed by atoms with Crippen LogP contribution in [0.3, 0.4) is 0 Å². The number of nitrogen functional groups attached to an aromatic ring is 1. The van der Waals surface area contributed by atoms with Gasteiger partial charge in [-0.05, 0) is 31.2 Å². The first kappa shape index (κ1) is 18.2. The normalized spacial score (nSPS) is 10.6. The first-order valence-corrected chi connectivity index (χ1v) is 8.93. The number of para-hydroxylation sites is 3. The van der Waals surface area contributed by atoms with Gasteiger partial charge < -0.3 is 21.1 Å². The quantitative estimate of drug-likeness (QED) is 0.460. The third-order valence-corrected chi connectivity index (χ3v) is 4.07. The van der Waals surface area contributed by atoms with Gasteiger partial charge in [0.15, 0.2) is 5.82 Å². The first-order chi connectivity index (χ1) is 14.1. The topological polar surface area (TPSA) is 116 Å². The van der Waals surface area contributed by atoms with Gasteiger partial charge in [0.1, 0.15) is 17.4 Å². The molecule has 29 heavy (non-hydrogen) atoms. The molecule has 4 aromatic rings. The molecule has 0 amide bonds. The predicted molar refractivity (Wildman–Crippen MR) is 112 cm³/mol. The van der Waals surface area contributed by atoms with Gasteiger partial charge in [-0.25, -0.2) is 9.97 Å². The van der Waals surface area contributed by atoms with E-state index in [1.807, 2.05) is 54.6 Å². The molecule has 4 N–H and O–H groups in total. The first-order valence-electron chi connectivity index (χ1n) is 8.93. The summed E-state index contributed by atoms with van der Waals surface area (Å²) in [6.07, 6.45) is 0. The number of hydrogen-bond acceptors (Lipinski definition) is 8. The molecule has 0 saturated carbocycles. The van der Waals surface area contributed by atoms with Gasteiger partial charge in [0, 0.05) is 11.8 Å². The second-order valence-corrected chi connectivity index (χ2v) is 6.18. The molecule has 9 heteroatoms. The van der Waals surface area contributed by atoms with Crippen molar-refractivity contribution in [1.82, 2.24) is 24.7 Å². The van der Waals surface area contributed by atoms with Gasteiger partial charge in [-0.2, -0.15) is 9.67 Å². The highest BCUT2D eigenvalue weighted by Gasteiger charge is 2.13. The molecule has 146 valence electrons. The standard InChI is InChI=1S/C20H20N8O/c1-13-22-17(24-14-8-4-3-5-9-14)12-18(23-13)28-19(21)26-20(27-28)25-15-10-6-7-11-16(15)29-2/h3-12H,1-2H3,(H,22,23,24)(H3,21,25,26,27). The van der Waals surface area contributed by atoms with Crippen LogP contribution >= 0.6 is 0 Å². The highest BCUT2D eigenvalue weighted by Crippen LogP contribution is 2.26. The number of rotatable bonds is 6. The summed E-state index contributed by atoms with van der Waals surface area (Å²) in [6.45, 7) is 1.81. The Labute approximate surface area is 167 Å². The third-order valence-electron chi connectivity index (χ3n) is 4.07. The van der Waals surface area contributed by atoms with E-state index in [2.05, 4.69) is 30.7 Å². The van der Waals surface area contributed by atoms with Crippen molar-refractivity contribution in [2.45, 2.75) is 6.92 Å². The van der Waals surface area contributed by atoms with Gasteiger partial charge in [-0.15, -0.1) is 5.10 Å². The number of nitrogens with zero attached hydrogens (tertiary/aromatic N) is 5. The Morgan fingerprint density at radius 1 is 0.931 bits per heavy atom. The fourth-order valence-electron chi connectivity index (χ4n) is 2.81. The molecule has 0 radical (unpaired) electrons. The maximum absolute atomic E-state index is 6.09. The predicted octanol–water partition coefficient (Wildman–Crippen LogP) is 3.44. The van der Waals surface area contributed by atoms with E-state index in [1.54, 1.807) is 20.1 Å². The van der Waals surface area contributed by atoms with Crippen molar-refractivity contribution >= 4 is 29.1 Å². The van der Waals surface area contributed by atoms with E-state index >= 15 is 0 Å². The van der Waals surface area contributed by atoms with E-state index in [0.29, 0.717) is 29.2 Å². The van der Waals surface area contributed by atoms with Gasteiger partial charge in [0.25, 0.3) is 0 Å². The Bertz CT molecular complexity index is 1130. The highest BCUT2D eigenvalue weighted by molar-refractivity contribution is 5.63. The van der Waals surface area contributed by atoms with Crippen molar-refractivity contribution in [3.8, 4) is 11.6 Å². The number of ether oxygens (including phenoxy) is 1. The molecule has 4 rings (SSSR count). The molecule has 2 aromatic heterocycles. The number of aryl methyl sites for hydroxylation is 1. The lowest BCUT2D eigenvalue weighted by Crippen LogP contribution is -2.08. The number of anilines is 5. The van der Waals surface area contributed by atoms with Gasteiger partial charge in [0.05, 0.1) is 12.8 Å². The van der Waals surface area contributed by atoms with Crippen molar-refractivity contribution in [1.29, 1.82) is 0 Å². The largest absolute Gasteiger partial charge is 0.495 e.